The largest absolute Gasteiger partial charge is 0.490 e. The standard InChI is InChI=1S/C5H5BBrNO2.BrH/c7-5-1-4(6(9)10)2-8-3-5;/h1-3,9-10H;1H. The zero-order valence-corrected chi connectivity index (χ0v) is 8.74. The average molecular weight is 283 g/mol. The number of pyridine rings is 1. The minimum Gasteiger partial charge on any atom is -0.423 e. The van der Waals surface area contributed by atoms with Gasteiger partial charge in [0.1, 0.15) is 0 Å². The Morgan fingerprint density at radius 2 is 2.00 bits per heavy atom. The summed E-state index contributed by atoms with van der Waals surface area (Å²) in [4.78, 5) is 3.74. The third-order valence-electron chi connectivity index (χ3n) is 1.02. The van der Waals surface area contributed by atoms with Crippen LogP contribution in [0.3, 0.4) is 0 Å². The minimum absolute atomic E-state index is 0. The van der Waals surface area contributed by atoms with Crippen LogP contribution >= 0.6 is 32.9 Å². The lowest BCUT2D eigenvalue weighted by atomic mass is 9.82. The van der Waals surface area contributed by atoms with Crippen LogP contribution in [0.15, 0.2) is 22.9 Å². The molecule has 0 aliphatic rings. The van der Waals surface area contributed by atoms with Crippen molar-refractivity contribution >= 4 is 45.5 Å². The topological polar surface area (TPSA) is 53.4 Å². The molecule has 11 heavy (non-hydrogen) atoms. The van der Waals surface area contributed by atoms with E-state index in [0.29, 0.717) is 5.46 Å². The number of rotatable bonds is 1. The fraction of sp³-hybridized carbons (Fsp3) is 0. The van der Waals surface area contributed by atoms with E-state index in [4.69, 9.17) is 10.0 Å². The fourth-order valence-electron chi connectivity index (χ4n) is 0.569. The van der Waals surface area contributed by atoms with E-state index >= 15 is 0 Å². The van der Waals surface area contributed by atoms with Crippen LogP contribution in [0.1, 0.15) is 0 Å². The number of hydrogen-bond donors (Lipinski definition) is 2. The molecule has 0 saturated carbocycles. The van der Waals surface area contributed by atoms with Gasteiger partial charge in [-0.2, -0.15) is 0 Å². The van der Waals surface area contributed by atoms with Gasteiger partial charge in [0.25, 0.3) is 0 Å². The summed E-state index contributed by atoms with van der Waals surface area (Å²) in [6.07, 6.45) is 2.97. The third kappa shape index (κ3) is 3.33. The normalized spacial score (nSPS) is 8.64. The molecule has 0 aliphatic carbocycles. The summed E-state index contributed by atoms with van der Waals surface area (Å²) in [5, 5.41) is 17.3. The summed E-state index contributed by atoms with van der Waals surface area (Å²) in [7, 11) is -1.44. The molecule has 0 spiro atoms. The first-order valence-electron chi connectivity index (χ1n) is 2.67. The van der Waals surface area contributed by atoms with Crippen molar-refractivity contribution in [2.75, 3.05) is 0 Å². The highest BCUT2D eigenvalue weighted by Crippen LogP contribution is 2.02. The molecular weight excluding hydrogens is 277 g/mol. The van der Waals surface area contributed by atoms with Gasteiger partial charge >= 0.3 is 7.12 Å². The molecule has 1 heterocycles. The van der Waals surface area contributed by atoms with Crippen molar-refractivity contribution in [3.8, 4) is 0 Å². The SMILES string of the molecule is Br.OB(O)c1cncc(Br)c1. The quantitative estimate of drug-likeness (QED) is 0.719. The first kappa shape index (κ1) is 11.1. The van der Waals surface area contributed by atoms with Gasteiger partial charge in [-0.25, -0.2) is 0 Å². The summed E-state index contributed by atoms with van der Waals surface area (Å²) >= 11 is 3.15. The molecule has 60 valence electrons. The summed E-state index contributed by atoms with van der Waals surface area (Å²) in [5.41, 5.74) is 0.384. The van der Waals surface area contributed by atoms with Gasteiger partial charge in [-0.1, -0.05) is 0 Å². The van der Waals surface area contributed by atoms with E-state index in [9.17, 15) is 0 Å². The Morgan fingerprint density at radius 3 is 2.36 bits per heavy atom. The molecule has 3 nitrogen and oxygen atoms in total. The van der Waals surface area contributed by atoms with Crippen molar-refractivity contribution < 1.29 is 10.0 Å². The van der Waals surface area contributed by atoms with E-state index in [-0.39, 0.29) is 17.0 Å². The monoisotopic (exact) mass is 281 g/mol. The maximum atomic E-state index is 8.64. The molecule has 0 unspecified atom stereocenters. The van der Waals surface area contributed by atoms with Crippen LogP contribution in [0.4, 0.5) is 0 Å². The average Bonchev–Trinajstić information content (AvgIpc) is 1.88. The van der Waals surface area contributed by atoms with Gasteiger partial charge < -0.3 is 10.0 Å². The molecule has 2 N–H and O–H groups in total. The zero-order valence-electron chi connectivity index (χ0n) is 5.44. The number of aromatic nitrogens is 1. The van der Waals surface area contributed by atoms with E-state index in [1.165, 1.54) is 6.20 Å². The van der Waals surface area contributed by atoms with E-state index in [0.717, 1.165) is 4.47 Å². The van der Waals surface area contributed by atoms with Crippen LogP contribution in [-0.4, -0.2) is 22.2 Å². The molecule has 0 fully saturated rings. The van der Waals surface area contributed by atoms with E-state index in [1.807, 2.05) is 0 Å². The Bertz CT molecular complexity index is 233. The molecule has 0 aliphatic heterocycles. The summed E-state index contributed by atoms with van der Waals surface area (Å²) in [6, 6.07) is 1.59. The van der Waals surface area contributed by atoms with Crippen LogP contribution in [0.5, 0.6) is 0 Å². The molecule has 1 rings (SSSR count). The van der Waals surface area contributed by atoms with Gasteiger partial charge in [-0.15, -0.1) is 17.0 Å². The van der Waals surface area contributed by atoms with E-state index in [1.54, 1.807) is 12.3 Å². The predicted molar refractivity (Wildman–Crippen MR) is 52.1 cm³/mol. The molecule has 0 radical (unpaired) electrons. The predicted octanol–water partition coefficient (Wildman–Crippen LogP) is 0.102. The second kappa shape index (κ2) is 4.87. The Kier molecular flexibility index (Phi) is 4.91. The first-order valence-corrected chi connectivity index (χ1v) is 3.46. The minimum atomic E-state index is -1.44. The van der Waals surface area contributed by atoms with Crippen molar-refractivity contribution in [3.63, 3.8) is 0 Å². The second-order valence-corrected chi connectivity index (χ2v) is 2.73. The second-order valence-electron chi connectivity index (χ2n) is 1.81. The molecule has 0 saturated heterocycles. The van der Waals surface area contributed by atoms with Gasteiger partial charge in [0.05, 0.1) is 0 Å². The van der Waals surface area contributed by atoms with Crippen LogP contribution in [-0.2, 0) is 0 Å². The number of halogens is 2. The van der Waals surface area contributed by atoms with Crippen molar-refractivity contribution in [3.05, 3.63) is 22.9 Å². The maximum absolute atomic E-state index is 8.64. The lowest BCUT2D eigenvalue weighted by molar-refractivity contribution is 0.425. The molecule has 0 atom stereocenters. The first-order chi connectivity index (χ1) is 4.70. The van der Waals surface area contributed by atoms with Crippen molar-refractivity contribution in [2.45, 2.75) is 0 Å². The number of nitrogens with zero attached hydrogens (tertiary/aromatic N) is 1. The summed E-state index contributed by atoms with van der Waals surface area (Å²) in [6.45, 7) is 0. The highest BCUT2D eigenvalue weighted by Gasteiger charge is 2.10. The van der Waals surface area contributed by atoms with Crippen LogP contribution in [0.25, 0.3) is 0 Å². The molecule has 1 aromatic heterocycles. The van der Waals surface area contributed by atoms with Crippen molar-refractivity contribution in [1.29, 1.82) is 0 Å². The molecule has 0 bridgehead atoms. The van der Waals surface area contributed by atoms with E-state index < -0.39 is 7.12 Å². The van der Waals surface area contributed by atoms with Gasteiger partial charge in [0.15, 0.2) is 0 Å². The molecule has 1 aromatic rings. The van der Waals surface area contributed by atoms with Gasteiger partial charge in [0.2, 0.25) is 0 Å². The molecule has 6 heteroatoms. The summed E-state index contributed by atoms with van der Waals surface area (Å²) in [5.74, 6) is 0. The third-order valence-corrected chi connectivity index (χ3v) is 1.46. The van der Waals surface area contributed by atoms with Gasteiger partial charge in [-0.3, -0.25) is 4.98 Å². The Hall–Kier alpha value is 0.0949. The molecular formula is C5H6BBr2NO2. The number of hydrogen-bond acceptors (Lipinski definition) is 3. The van der Waals surface area contributed by atoms with Crippen LogP contribution in [0.2, 0.25) is 0 Å². The van der Waals surface area contributed by atoms with Crippen LogP contribution < -0.4 is 5.46 Å². The maximum Gasteiger partial charge on any atom is 0.490 e. The highest BCUT2D eigenvalue weighted by atomic mass is 79.9. The lowest BCUT2D eigenvalue weighted by Gasteiger charge is -1.96. The zero-order chi connectivity index (χ0) is 7.56. The molecule has 0 amide bonds. The molecule has 0 aromatic carbocycles. The highest BCUT2D eigenvalue weighted by molar-refractivity contribution is 9.10. The van der Waals surface area contributed by atoms with Crippen molar-refractivity contribution in [1.82, 2.24) is 4.98 Å². The van der Waals surface area contributed by atoms with Gasteiger partial charge in [0, 0.05) is 22.3 Å². The van der Waals surface area contributed by atoms with Crippen LogP contribution in [0, 0.1) is 0 Å². The Labute approximate surface area is 83.5 Å². The van der Waals surface area contributed by atoms with Gasteiger partial charge in [-0.05, 0) is 22.0 Å². The smallest absolute Gasteiger partial charge is 0.423 e. The fourth-order valence-corrected chi connectivity index (χ4v) is 0.952. The Balaban J connectivity index is 0.000001000. The lowest BCUT2D eigenvalue weighted by Crippen LogP contribution is -2.29. The Morgan fingerprint density at radius 1 is 1.36 bits per heavy atom. The summed E-state index contributed by atoms with van der Waals surface area (Å²) < 4.78 is 0.734. The van der Waals surface area contributed by atoms with E-state index in [2.05, 4.69) is 20.9 Å². The van der Waals surface area contributed by atoms with Crippen molar-refractivity contribution in [2.24, 2.45) is 0 Å².